The summed E-state index contributed by atoms with van der Waals surface area (Å²) in [6.07, 6.45) is 2.29. The Hall–Kier alpha value is -3.88. The molecule has 3 aromatic rings. The molecule has 0 saturated carbocycles. The molecule has 2 aromatic heterocycles. The number of aryl methyl sites for hydroxylation is 2. The summed E-state index contributed by atoms with van der Waals surface area (Å²) in [6, 6.07) is 7.06. The van der Waals surface area contributed by atoms with Gasteiger partial charge in [0.1, 0.15) is 5.75 Å². The van der Waals surface area contributed by atoms with Gasteiger partial charge in [0.05, 0.1) is 25.9 Å². The van der Waals surface area contributed by atoms with Crippen molar-refractivity contribution in [1.29, 1.82) is 0 Å². The SMILES string of the molecule is COc1cc(CCNC(=O)c2n[nH]c3c2CN(C(=O)c2cc(C)c(O)c(C)c2)C3)ccn1. The predicted molar refractivity (Wildman–Crippen MR) is 117 cm³/mol. The van der Waals surface area contributed by atoms with Gasteiger partial charge in [-0.1, -0.05) is 0 Å². The molecular weight excluding hydrogens is 410 g/mol. The largest absolute Gasteiger partial charge is 0.507 e. The van der Waals surface area contributed by atoms with E-state index < -0.39 is 0 Å². The molecule has 32 heavy (non-hydrogen) atoms. The van der Waals surface area contributed by atoms with E-state index >= 15 is 0 Å². The number of phenols is 1. The first-order chi connectivity index (χ1) is 15.4. The Morgan fingerprint density at radius 1 is 1.22 bits per heavy atom. The molecule has 9 nitrogen and oxygen atoms in total. The number of aromatic hydroxyl groups is 1. The number of carbonyl (C=O) groups is 2. The Kier molecular flexibility index (Phi) is 5.81. The third kappa shape index (κ3) is 4.14. The number of phenolic OH excluding ortho intramolecular Hbond substituents is 1. The van der Waals surface area contributed by atoms with Gasteiger partial charge in [-0.25, -0.2) is 4.98 Å². The zero-order valence-corrected chi connectivity index (χ0v) is 18.2. The van der Waals surface area contributed by atoms with E-state index in [1.165, 1.54) is 0 Å². The molecule has 4 rings (SSSR count). The van der Waals surface area contributed by atoms with Crippen molar-refractivity contribution in [2.45, 2.75) is 33.4 Å². The Bertz CT molecular complexity index is 1160. The second-order valence-electron chi connectivity index (χ2n) is 7.86. The number of nitrogens with zero attached hydrogens (tertiary/aromatic N) is 3. The molecule has 0 fully saturated rings. The lowest BCUT2D eigenvalue weighted by atomic mass is 10.0. The van der Waals surface area contributed by atoms with Crippen molar-refractivity contribution in [3.05, 3.63) is 69.7 Å². The Morgan fingerprint density at radius 3 is 2.69 bits per heavy atom. The maximum atomic E-state index is 13.0. The van der Waals surface area contributed by atoms with Gasteiger partial charge in [0.2, 0.25) is 5.88 Å². The molecule has 1 aliphatic heterocycles. The molecule has 1 aromatic carbocycles. The highest BCUT2D eigenvalue weighted by atomic mass is 16.5. The lowest BCUT2D eigenvalue weighted by Gasteiger charge is -2.17. The number of hydrogen-bond acceptors (Lipinski definition) is 6. The van der Waals surface area contributed by atoms with Gasteiger partial charge < -0.3 is 20.1 Å². The van der Waals surface area contributed by atoms with Crippen LogP contribution in [0.1, 0.15) is 48.8 Å². The van der Waals surface area contributed by atoms with Crippen molar-refractivity contribution in [3.63, 3.8) is 0 Å². The maximum absolute atomic E-state index is 13.0. The van der Waals surface area contributed by atoms with Gasteiger partial charge in [0, 0.05) is 29.9 Å². The van der Waals surface area contributed by atoms with Crippen molar-refractivity contribution in [2.24, 2.45) is 0 Å². The number of carbonyl (C=O) groups excluding carboxylic acids is 2. The predicted octanol–water partition coefficient (Wildman–Crippen LogP) is 2.26. The van der Waals surface area contributed by atoms with Crippen LogP contribution < -0.4 is 10.1 Å². The molecule has 9 heteroatoms. The highest BCUT2D eigenvalue weighted by Gasteiger charge is 2.31. The van der Waals surface area contributed by atoms with Crippen molar-refractivity contribution < 1.29 is 19.4 Å². The minimum Gasteiger partial charge on any atom is -0.507 e. The lowest BCUT2D eigenvalue weighted by molar-refractivity contribution is 0.0747. The summed E-state index contributed by atoms with van der Waals surface area (Å²) in [7, 11) is 1.56. The molecule has 0 saturated heterocycles. The summed E-state index contributed by atoms with van der Waals surface area (Å²) in [5, 5.41) is 19.9. The average molecular weight is 435 g/mol. The van der Waals surface area contributed by atoms with Crippen molar-refractivity contribution in [2.75, 3.05) is 13.7 Å². The van der Waals surface area contributed by atoms with Crippen molar-refractivity contribution in [1.82, 2.24) is 25.4 Å². The van der Waals surface area contributed by atoms with Crippen LogP contribution in [-0.4, -0.2) is 50.7 Å². The second-order valence-corrected chi connectivity index (χ2v) is 7.86. The Labute approximate surface area is 185 Å². The van der Waals surface area contributed by atoms with Gasteiger partial charge in [-0.2, -0.15) is 5.10 Å². The third-order valence-corrected chi connectivity index (χ3v) is 5.60. The molecule has 0 unspecified atom stereocenters. The number of nitrogens with one attached hydrogen (secondary N) is 2. The van der Waals surface area contributed by atoms with E-state index in [9.17, 15) is 14.7 Å². The van der Waals surface area contributed by atoms with E-state index in [1.54, 1.807) is 44.2 Å². The number of hydrogen-bond donors (Lipinski definition) is 3. The van der Waals surface area contributed by atoms with E-state index in [0.717, 1.165) is 16.8 Å². The summed E-state index contributed by atoms with van der Waals surface area (Å²) in [5.41, 5.74) is 4.61. The maximum Gasteiger partial charge on any atom is 0.272 e. The van der Waals surface area contributed by atoms with Crippen molar-refractivity contribution in [3.8, 4) is 11.6 Å². The highest BCUT2D eigenvalue weighted by Crippen LogP contribution is 2.28. The molecule has 0 radical (unpaired) electrons. The van der Waals surface area contributed by atoms with E-state index in [4.69, 9.17) is 4.74 Å². The molecular formula is C23H25N5O4. The number of aromatic nitrogens is 3. The number of H-pyrrole nitrogens is 1. The first-order valence-corrected chi connectivity index (χ1v) is 10.3. The lowest BCUT2D eigenvalue weighted by Crippen LogP contribution is -2.29. The summed E-state index contributed by atoms with van der Waals surface area (Å²) >= 11 is 0. The number of fused-ring (bicyclic) bond motifs is 1. The monoisotopic (exact) mass is 435 g/mol. The van der Waals surface area contributed by atoms with Crippen LogP contribution in [0.3, 0.4) is 0 Å². The molecule has 0 atom stereocenters. The first kappa shape index (κ1) is 21.4. The van der Waals surface area contributed by atoms with Gasteiger partial charge in [0.25, 0.3) is 11.8 Å². The number of pyridine rings is 1. The topological polar surface area (TPSA) is 120 Å². The van der Waals surface area contributed by atoms with Crippen LogP contribution in [0, 0.1) is 13.8 Å². The molecule has 0 aliphatic carbocycles. The number of rotatable bonds is 6. The van der Waals surface area contributed by atoms with E-state index in [1.807, 2.05) is 12.1 Å². The number of aromatic amines is 1. The second kappa shape index (κ2) is 8.70. The van der Waals surface area contributed by atoms with Crippen LogP contribution in [0.25, 0.3) is 0 Å². The number of amides is 2. The molecule has 0 spiro atoms. The van der Waals surface area contributed by atoms with Gasteiger partial charge in [-0.3, -0.25) is 14.7 Å². The van der Waals surface area contributed by atoms with Crippen LogP contribution in [0.4, 0.5) is 0 Å². The Balaban J connectivity index is 1.40. The zero-order valence-electron chi connectivity index (χ0n) is 18.2. The molecule has 2 amide bonds. The Morgan fingerprint density at radius 2 is 1.97 bits per heavy atom. The fourth-order valence-electron chi connectivity index (χ4n) is 3.86. The summed E-state index contributed by atoms with van der Waals surface area (Å²) in [5.74, 6) is 0.289. The van der Waals surface area contributed by atoms with E-state index in [2.05, 4.69) is 20.5 Å². The minimum absolute atomic E-state index is 0.154. The summed E-state index contributed by atoms with van der Waals surface area (Å²) in [6.45, 7) is 4.61. The molecule has 3 heterocycles. The van der Waals surface area contributed by atoms with Gasteiger partial charge in [-0.15, -0.1) is 0 Å². The standard InChI is InChI=1S/C23H25N5O4/c1-13-8-16(9-14(2)21(13)29)23(31)28-11-17-18(12-28)26-27-20(17)22(30)25-7-5-15-4-6-24-19(10-15)32-3/h4,6,8-10,29H,5,7,11-12H2,1-3H3,(H,25,30)(H,26,27). The zero-order chi connectivity index (χ0) is 22.8. The quantitative estimate of drug-likeness (QED) is 0.546. The van der Waals surface area contributed by atoms with Crippen LogP contribution in [0.15, 0.2) is 30.5 Å². The van der Waals surface area contributed by atoms with Gasteiger partial charge >= 0.3 is 0 Å². The molecule has 1 aliphatic rings. The van der Waals surface area contributed by atoms with Gasteiger partial charge in [0.15, 0.2) is 5.69 Å². The van der Waals surface area contributed by atoms with Crippen LogP contribution in [0.5, 0.6) is 11.6 Å². The van der Waals surface area contributed by atoms with Crippen molar-refractivity contribution >= 4 is 11.8 Å². The minimum atomic E-state index is -0.283. The fraction of sp³-hybridized carbons (Fsp3) is 0.304. The van der Waals surface area contributed by atoms with E-state index in [0.29, 0.717) is 54.3 Å². The normalized spacial score (nSPS) is 12.5. The van der Waals surface area contributed by atoms with Gasteiger partial charge in [-0.05, 0) is 55.2 Å². The summed E-state index contributed by atoms with van der Waals surface area (Å²) < 4.78 is 5.11. The smallest absolute Gasteiger partial charge is 0.272 e. The van der Waals surface area contributed by atoms with E-state index in [-0.39, 0.29) is 17.6 Å². The first-order valence-electron chi connectivity index (χ1n) is 10.3. The summed E-state index contributed by atoms with van der Waals surface area (Å²) in [4.78, 5) is 31.4. The van der Waals surface area contributed by atoms with Crippen LogP contribution in [-0.2, 0) is 19.5 Å². The fourth-order valence-corrected chi connectivity index (χ4v) is 3.86. The van der Waals surface area contributed by atoms with Crippen LogP contribution in [0.2, 0.25) is 0 Å². The number of methoxy groups -OCH3 is 1. The molecule has 3 N–H and O–H groups in total. The number of benzene rings is 1. The molecule has 0 bridgehead atoms. The highest BCUT2D eigenvalue weighted by molar-refractivity contribution is 5.97. The third-order valence-electron chi connectivity index (χ3n) is 5.60. The molecule has 166 valence electrons. The average Bonchev–Trinajstić information content (AvgIpc) is 3.37. The van der Waals surface area contributed by atoms with Crippen LogP contribution >= 0.6 is 0 Å². The number of ether oxygens (including phenoxy) is 1.